The van der Waals surface area contributed by atoms with Gasteiger partial charge in [-0.05, 0) is 62.6 Å². The van der Waals surface area contributed by atoms with E-state index >= 15 is 0 Å². The molecule has 0 saturated heterocycles. The van der Waals surface area contributed by atoms with E-state index in [1.165, 1.54) is 28.2 Å². The predicted molar refractivity (Wildman–Crippen MR) is 109 cm³/mol. The van der Waals surface area contributed by atoms with E-state index in [9.17, 15) is 4.79 Å². The minimum absolute atomic E-state index is 0.107. The Morgan fingerprint density at radius 2 is 2.19 bits per heavy atom. The molecule has 3 rings (SSSR count). The third-order valence-corrected chi connectivity index (χ3v) is 6.32. The Labute approximate surface area is 160 Å². The molecular weight excluding hydrogens is 342 g/mol. The van der Waals surface area contributed by atoms with Crippen molar-refractivity contribution >= 4 is 23.5 Å². The maximum Gasteiger partial charge on any atom is 0.281 e. The molecule has 1 unspecified atom stereocenters. The molecule has 1 atom stereocenters. The van der Waals surface area contributed by atoms with Crippen molar-refractivity contribution in [1.82, 2.24) is 9.99 Å². The number of nitrogens with one attached hydrogen (secondary N) is 1. The van der Waals surface area contributed by atoms with E-state index in [1.807, 2.05) is 0 Å². The number of aromatic nitrogens is 1. The van der Waals surface area contributed by atoms with Gasteiger partial charge >= 0.3 is 0 Å². The highest BCUT2D eigenvalue weighted by Crippen LogP contribution is 2.32. The molecule has 2 aromatic rings. The lowest BCUT2D eigenvalue weighted by molar-refractivity contribution is 0.0959. The zero-order valence-electron chi connectivity index (χ0n) is 16.4. The fraction of sp³-hybridized carbons (Fsp3) is 0.524. The van der Waals surface area contributed by atoms with Gasteiger partial charge in [0.25, 0.3) is 5.91 Å². The quantitative estimate of drug-likeness (QED) is 0.600. The molecule has 26 heavy (non-hydrogen) atoms. The highest BCUT2D eigenvalue weighted by atomic mass is 32.1. The topological polar surface area (TPSA) is 46.4 Å². The number of carbonyl (C=O) groups is 1. The zero-order chi connectivity index (χ0) is 18.8. The van der Waals surface area contributed by atoms with E-state index in [0.717, 1.165) is 29.8 Å². The van der Waals surface area contributed by atoms with Crippen molar-refractivity contribution in [2.45, 2.75) is 60.4 Å². The van der Waals surface area contributed by atoms with Gasteiger partial charge in [0.1, 0.15) is 0 Å². The SMILES string of the molecule is Cc1cc(/C=N/NC(=O)c2cc3c(s2)CCC(C)C3)c(C)n1CC(C)C. The number of fused-ring (bicyclic) bond motifs is 1. The highest BCUT2D eigenvalue weighted by molar-refractivity contribution is 7.14. The van der Waals surface area contributed by atoms with Crippen molar-refractivity contribution in [3.8, 4) is 0 Å². The third kappa shape index (κ3) is 4.09. The van der Waals surface area contributed by atoms with Crippen LogP contribution in [0.5, 0.6) is 0 Å². The largest absolute Gasteiger partial charge is 0.348 e. The molecular formula is C21H29N3OS. The number of hydrazone groups is 1. The second-order valence-corrected chi connectivity index (χ2v) is 9.07. The molecule has 0 bridgehead atoms. The van der Waals surface area contributed by atoms with E-state index < -0.39 is 0 Å². The van der Waals surface area contributed by atoms with Crippen LogP contribution in [-0.4, -0.2) is 16.7 Å². The zero-order valence-corrected chi connectivity index (χ0v) is 17.2. The molecule has 0 radical (unpaired) electrons. The Morgan fingerprint density at radius 3 is 2.92 bits per heavy atom. The Kier molecular flexibility index (Phi) is 5.66. The molecule has 0 aliphatic heterocycles. The van der Waals surface area contributed by atoms with Crippen LogP contribution in [0.2, 0.25) is 0 Å². The van der Waals surface area contributed by atoms with Gasteiger partial charge in [0, 0.05) is 28.4 Å². The first kappa shape index (κ1) is 18.9. The van der Waals surface area contributed by atoms with Crippen LogP contribution in [0.25, 0.3) is 0 Å². The predicted octanol–water partition coefficient (Wildman–Crippen LogP) is 4.71. The van der Waals surface area contributed by atoms with Crippen molar-refractivity contribution in [2.75, 3.05) is 0 Å². The summed E-state index contributed by atoms with van der Waals surface area (Å²) in [5.74, 6) is 1.20. The molecule has 0 fully saturated rings. The first-order chi connectivity index (χ1) is 12.3. The molecule has 2 heterocycles. The van der Waals surface area contributed by atoms with Gasteiger partial charge < -0.3 is 4.57 Å². The molecule has 0 spiro atoms. The molecule has 5 heteroatoms. The monoisotopic (exact) mass is 371 g/mol. The van der Waals surface area contributed by atoms with Crippen LogP contribution >= 0.6 is 11.3 Å². The molecule has 0 saturated carbocycles. The van der Waals surface area contributed by atoms with Gasteiger partial charge in [-0.2, -0.15) is 5.10 Å². The summed E-state index contributed by atoms with van der Waals surface area (Å²) in [5, 5.41) is 4.20. The van der Waals surface area contributed by atoms with Gasteiger partial charge in [0.15, 0.2) is 0 Å². The number of thiophene rings is 1. The lowest BCUT2D eigenvalue weighted by atomic mass is 9.90. The summed E-state index contributed by atoms with van der Waals surface area (Å²) in [5.41, 5.74) is 7.52. The first-order valence-electron chi connectivity index (χ1n) is 9.46. The number of nitrogens with zero attached hydrogens (tertiary/aromatic N) is 2. The second-order valence-electron chi connectivity index (χ2n) is 7.94. The van der Waals surface area contributed by atoms with E-state index in [1.54, 1.807) is 17.6 Å². The summed E-state index contributed by atoms with van der Waals surface area (Å²) in [4.78, 5) is 14.6. The first-order valence-corrected chi connectivity index (χ1v) is 10.3. The van der Waals surface area contributed by atoms with Crippen LogP contribution in [0.15, 0.2) is 17.2 Å². The van der Waals surface area contributed by atoms with Gasteiger partial charge in [0.05, 0.1) is 11.1 Å². The number of amides is 1. The van der Waals surface area contributed by atoms with Gasteiger partial charge in [0.2, 0.25) is 0 Å². The fourth-order valence-electron chi connectivity index (χ4n) is 3.64. The molecule has 2 aromatic heterocycles. The van der Waals surface area contributed by atoms with Crippen molar-refractivity contribution in [1.29, 1.82) is 0 Å². The van der Waals surface area contributed by atoms with Gasteiger partial charge in [-0.3, -0.25) is 4.79 Å². The van der Waals surface area contributed by atoms with E-state index in [4.69, 9.17) is 0 Å². The van der Waals surface area contributed by atoms with Crippen LogP contribution in [0.3, 0.4) is 0 Å². The lowest BCUT2D eigenvalue weighted by Crippen LogP contribution is -2.16. The molecule has 1 amide bonds. The van der Waals surface area contributed by atoms with Crippen LogP contribution < -0.4 is 5.43 Å². The third-order valence-electron chi connectivity index (χ3n) is 5.08. The molecule has 4 nitrogen and oxygen atoms in total. The summed E-state index contributed by atoms with van der Waals surface area (Å²) in [7, 11) is 0. The Bertz CT molecular complexity index is 829. The van der Waals surface area contributed by atoms with E-state index in [0.29, 0.717) is 11.8 Å². The van der Waals surface area contributed by atoms with Crippen molar-refractivity contribution in [2.24, 2.45) is 16.9 Å². The molecule has 1 aliphatic rings. The van der Waals surface area contributed by atoms with E-state index in [-0.39, 0.29) is 5.91 Å². The Hall–Kier alpha value is -1.88. The van der Waals surface area contributed by atoms with E-state index in [2.05, 4.69) is 61.8 Å². The average Bonchev–Trinajstić information content (AvgIpc) is 3.10. The number of hydrogen-bond donors (Lipinski definition) is 1. The summed E-state index contributed by atoms with van der Waals surface area (Å²) < 4.78 is 2.31. The summed E-state index contributed by atoms with van der Waals surface area (Å²) in [6.07, 6.45) is 5.16. The van der Waals surface area contributed by atoms with Crippen LogP contribution in [0.4, 0.5) is 0 Å². The maximum atomic E-state index is 12.4. The van der Waals surface area contributed by atoms with Crippen LogP contribution in [0, 0.1) is 25.7 Å². The molecule has 140 valence electrons. The van der Waals surface area contributed by atoms with Crippen molar-refractivity contribution in [3.05, 3.63) is 44.4 Å². The van der Waals surface area contributed by atoms with Crippen LogP contribution in [0.1, 0.15) is 64.3 Å². The normalized spacial score (nSPS) is 17.1. The Balaban J connectivity index is 1.66. The Morgan fingerprint density at radius 1 is 1.42 bits per heavy atom. The van der Waals surface area contributed by atoms with Crippen molar-refractivity contribution in [3.63, 3.8) is 0 Å². The number of hydrogen-bond acceptors (Lipinski definition) is 3. The minimum Gasteiger partial charge on any atom is -0.348 e. The van der Waals surface area contributed by atoms with Crippen LogP contribution in [-0.2, 0) is 19.4 Å². The van der Waals surface area contributed by atoms with Gasteiger partial charge in [-0.1, -0.05) is 20.8 Å². The molecule has 1 N–H and O–H groups in total. The fourth-order valence-corrected chi connectivity index (χ4v) is 4.74. The average molecular weight is 372 g/mol. The highest BCUT2D eigenvalue weighted by Gasteiger charge is 2.20. The standard InChI is InChI=1S/C21H29N3OS/c1-13(2)12-24-15(4)9-18(16(24)5)11-22-23-21(25)20-10-17-8-14(3)6-7-19(17)26-20/h9-11,13-14H,6-8,12H2,1-5H3,(H,23,25)/b22-11+. The minimum atomic E-state index is -0.107. The summed E-state index contributed by atoms with van der Waals surface area (Å²) in [6.45, 7) is 11.9. The summed E-state index contributed by atoms with van der Waals surface area (Å²) in [6, 6.07) is 4.17. The number of rotatable bonds is 5. The summed E-state index contributed by atoms with van der Waals surface area (Å²) >= 11 is 1.62. The lowest BCUT2D eigenvalue weighted by Gasteiger charge is -2.16. The number of aryl methyl sites for hydroxylation is 2. The maximum absolute atomic E-state index is 12.4. The molecule has 1 aliphatic carbocycles. The smallest absolute Gasteiger partial charge is 0.281 e. The molecule has 0 aromatic carbocycles. The van der Waals surface area contributed by atoms with Gasteiger partial charge in [-0.25, -0.2) is 5.43 Å². The van der Waals surface area contributed by atoms with Gasteiger partial charge in [-0.15, -0.1) is 11.3 Å². The second kappa shape index (κ2) is 7.78. The number of carbonyl (C=O) groups excluding carboxylic acids is 1. The van der Waals surface area contributed by atoms with Crippen molar-refractivity contribution < 1.29 is 4.79 Å².